The molecule has 31 heavy (non-hydrogen) atoms. The van der Waals surface area contributed by atoms with Gasteiger partial charge in [0.1, 0.15) is 12.4 Å². The van der Waals surface area contributed by atoms with Crippen molar-refractivity contribution in [3.63, 3.8) is 0 Å². The van der Waals surface area contributed by atoms with E-state index in [-0.39, 0.29) is 17.4 Å². The minimum atomic E-state index is -2.95. The first-order chi connectivity index (χ1) is 14.8. The summed E-state index contributed by atoms with van der Waals surface area (Å²) in [5.41, 5.74) is 6.26. The van der Waals surface area contributed by atoms with Crippen LogP contribution < -0.4 is 10.1 Å². The molecule has 3 aromatic carbocycles. The van der Waals surface area contributed by atoms with E-state index in [1.807, 2.05) is 55.5 Å². The van der Waals surface area contributed by atoms with E-state index in [0.29, 0.717) is 12.4 Å². The van der Waals surface area contributed by atoms with Crippen LogP contribution in [0.3, 0.4) is 0 Å². The average Bonchev–Trinajstić information content (AvgIpc) is 2.93. The van der Waals surface area contributed by atoms with Crippen molar-refractivity contribution < 1.29 is 18.3 Å². The molecule has 5 rings (SSSR count). The van der Waals surface area contributed by atoms with Gasteiger partial charge < -0.3 is 10.1 Å². The first-order valence-corrected chi connectivity index (χ1v) is 10.2. The maximum Gasteiger partial charge on any atom is 0.270 e. The first kappa shape index (κ1) is 19.5. The van der Waals surface area contributed by atoms with Crippen molar-refractivity contribution in [1.29, 1.82) is 0 Å². The lowest BCUT2D eigenvalue weighted by Gasteiger charge is -2.15. The number of benzene rings is 3. The molecule has 5 heteroatoms. The van der Waals surface area contributed by atoms with E-state index in [2.05, 4.69) is 5.32 Å². The quantitative estimate of drug-likeness (QED) is 0.529. The van der Waals surface area contributed by atoms with Crippen molar-refractivity contribution >= 4 is 23.2 Å². The minimum Gasteiger partial charge on any atom is -0.488 e. The summed E-state index contributed by atoms with van der Waals surface area (Å²) in [6.07, 6.45) is 2.02. The zero-order valence-corrected chi connectivity index (χ0v) is 17.2. The van der Waals surface area contributed by atoms with Crippen LogP contribution >= 0.6 is 0 Å². The van der Waals surface area contributed by atoms with Crippen LogP contribution in [0.1, 0.15) is 53.1 Å². The van der Waals surface area contributed by atoms with Gasteiger partial charge in [-0.15, -0.1) is 0 Å². The molecule has 1 N–H and O–H groups in total. The normalized spacial score (nSPS) is 18.5. The molecule has 2 heterocycles. The summed E-state index contributed by atoms with van der Waals surface area (Å²) in [4.78, 5) is 12.0. The third-order valence-electron chi connectivity index (χ3n) is 5.98. The van der Waals surface area contributed by atoms with E-state index in [1.165, 1.54) is 12.1 Å². The molecule has 2 aliphatic heterocycles. The highest BCUT2D eigenvalue weighted by molar-refractivity contribution is 6.03. The third kappa shape index (κ3) is 3.40. The Balaban J connectivity index is 1.68. The second-order valence-electron chi connectivity index (χ2n) is 8.16. The lowest BCUT2D eigenvalue weighted by molar-refractivity contribution is -0.116. The summed E-state index contributed by atoms with van der Waals surface area (Å²) in [5, 5.41) is 2.92. The number of rotatable bonds is 2. The van der Waals surface area contributed by atoms with Gasteiger partial charge in [-0.05, 0) is 53.0 Å². The number of hydrogen-bond acceptors (Lipinski definition) is 2. The van der Waals surface area contributed by atoms with Crippen LogP contribution in [-0.4, -0.2) is 5.91 Å². The van der Waals surface area contributed by atoms with E-state index < -0.39 is 5.92 Å². The first-order valence-electron chi connectivity index (χ1n) is 10.2. The fourth-order valence-corrected chi connectivity index (χ4v) is 4.20. The average molecular weight is 417 g/mol. The fraction of sp³-hybridized carbons (Fsp3) is 0.192. The molecular weight excluding hydrogens is 396 g/mol. The van der Waals surface area contributed by atoms with Crippen LogP contribution in [0.25, 0.3) is 11.6 Å². The van der Waals surface area contributed by atoms with Crippen LogP contribution in [-0.2, 0) is 17.3 Å². The van der Waals surface area contributed by atoms with Gasteiger partial charge in [0.25, 0.3) is 5.92 Å². The molecule has 0 aliphatic carbocycles. The zero-order valence-electron chi connectivity index (χ0n) is 17.2. The highest BCUT2D eigenvalue weighted by atomic mass is 19.3. The third-order valence-corrected chi connectivity index (χ3v) is 5.98. The molecule has 0 saturated carbocycles. The maximum atomic E-state index is 13.9. The second kappa shape index (κ2) is 7.05. The molecular formula is C26H21F2NO2. The van der Waals surface area contributed by atoms with Crippen LogP contribution in [0, 0.1) is 0 Å². The SMILES string of the molecule is C[C@@H]1C(=O)Nc2cc(/C=C3\c4ccccc4COc4cc(C(C)(F)F)ccc43)ccc21. The number of amides is 1. The van der Waals surface area contributed by atoms with E-state index in [0.717, 1.165) is 46.0 Å². The molecule has 3 aromatic rings. The van der Waals surface area contributed by atoms with Gasteiger partial charge in [-0.2, -0.15) is 0 Å². The summed E-state index contributed by atoms with van der Waals surface area (Å²) in [6.45, 7) is 3.07. The monoisotopic (exact) mass is 417 g/mol. The zero-order chi connectivity index (χ0) is 21.8. The molecule has 3 nitrogen and oxygen atoms in total. The summed E-state index contributed by atoms with van der Waals surface area (Å²) in [6, 6.07) is 18.4. The Labute approximate surface area is 179 Å². The molecule has 2 aliphatic rings. The van der Waals surface area contributed by atoms with Gasteiger partial charge in [0, 0.05) is 23.7 Å². The van der Waals surface area contributed by atoms with Gasteiger partial charge in [0.15, 0.2) is 0 Å². The number of alkyl halides is 2. The van der Waals surface area contributed by atoms with E-state index in [9.17, 15) is 13.6 Å². The van der Waals surface area contributed by atoms with Crippen LogP contribution in [0.4, 0.5) is 14.5 Å². The van der Waals surface area contributed by atoms with Crippen molar-refractivity contribution in [1.82, 2.24) is 0 Å². The number of ether oxygens (including phenoxy) is 1. The standard InChI is InChI=1S/C26H21F2NO2/c1-15-19-9-7-16(12-23(19)29-25(15)30)11-22-20-6-4-3-5-17(20)14-31-24-13-18(26(2,27)28)8-10-21(22)24/h3-13,15H,14H2,1-2H3,(H,29,30)/b22-11+/t15-/m0/s1. The molecule has 0 radical (unpaired) electrons. The smallest absolute Gasteiger partial charge is 0.270 e. The van der Waals surface area contributed by atoms with Gasteiger partial charge in [-0.25, -0.2) is 8.78 Å². The van der Waals surface area contributed by atoms with Gasteiger partial charge in [0.05, 0.1) is 5.92 Å². The molecule has 0 unspecified atom stereocenters. The van der Waals surface area contributed by atoms with Crippen molar-refractivity contribution in [2.75, 3.05) is 5.32 Å². The van der Waals surface area contributed by atoms with E-state index in [4.69, 9.17) is 4.74 Å². The lowest BCUT2D eigenvalue weighted by atomic mass is 9.91. The van der Waals surface area contributed by atoms with Crippen molar-refractivity contribution in [3.8, 4) is 5.75 Å². The highest BCUT2D eigenvalue weighted by Gasteiger charge is 2.28. The molecule has 0 bridgehead atoms. The van der Waals surface area contributed by atoms with Crippen molar-refractivity contribution in [2.24, 2.45) is 0 Å². The van der Waals surface area contributed by atoms with Crippen LogP contribution in [0.5, 0.6) is 5.75 Å². The predicted octanol–water partition coefficient (Wildman–Crippen LogP) is 6.34. The van der Waals surface area contributed by atoms with Gasteiger partial charge in [-0.1, -0.05) is 48.5 Å². The Morgan fingerprint density at radius 2 is 1.87 bits per heavy atom. The van der Waals surface area contributed by atoms with Gasteiger partial charge in [-0.3, -0.25) is 4.79 Å². The largest absolute Gasteiger partial charge is 0.488 e. The van der Waals surface area contributed by atoms with Crippen LogP contribution in [0.2, 0.25) is 0 Å². The van der Waals surface area contributed by atoms with Gasteiger partial charge >= 0.3 is 0 Å². The van der Waals surface area contributed by atoms with E-state index >= 15 is 0 Å². The Kier molecular flexibility index (Phi) is 4.43. The predicted molar refractivity (Wildman–Crippen MR) is 117 cm³/mol. The Hall–Kier alpha value is -3.47. The number of hydrogen-bond donors (Lipinski definition) is 1. The molecule has 0 spiro atoms. The topological polar surface area (TPSA) is 38.3 Å². The summed E-state index contributed by atoms with van der Waals surface area (Å²) >= 11 is 0. The Morgan fingerprint density at radius 1 is 1.06 bits per heavy atom. The summed E-state index contributed by atoms with van der Waals surface area (Å²) in [5.74, 6) is -2.69. The number of nitrogens with one attached hydrogen (secondary N) is 1. The number of carbonyl (C=O) groups excluding carboxylic acids is 1. The summed E-state index contributed by atoms with van der Waals surface area (Å²) < 4.78 is 33.8. The molecule has 0 fully saturated rings. The van der Waals surface area contributed by atoms with Crippen LogP contribution in [0.15, 0.2) is 60.7 Å². The Bertz CT molecular complexity index is 1240. The van der Waals surface area contributed by atoms with Gasteiger partial charge in [0.2, 0.25) is 5.91 Å². The summed E-state index contributed by atoms with van der Waals surface area (Å²) in [7, 11) is 0. The highest BCUT2D eigenvalue weighted by Crippen LogP contribution is 2.41. The number of anilines is 1. The number of fused-ring (bicyclic) bond motifs is 3. The molecule has 0 aromatic heterocycles. The molecule has 1 atom stereocenters. The molecule has 0 saturated heterocycles. The Morgan fingerprint density at radius 3 is 2.68 bits per heavy atom. The fourth-order valence-electron chi connectivity index (χ4n) is 4.20. The van der Waals surface area contributed by atoms with Crippen molar-refractivity contribution in [2.45, 2.75) is 32.3 Å². The number of halogens is 2. The minimum absolute atomic E-state index is 0.00798. The lowest BCUT2D eigenvalue weighted by Crippen LogP contribution is -2.08. The second-order valence-corrected chi connectivity index (χ2v) is 8.16. The maximum absolute atomic E-state index is 13.9. The van der Waals surface area contributed by atoms with E-state index in [1.54, 1.807) is 6.07 Å². The molecule has 156 valence electrons. The number of carbonyl (C=O) groups is 1. The van der Waals surface area contributed by atoms with Crippen molar-refractivity contribution in [3.05, 3.63) is 94.0 Å². The molecule has 1 amide bonds.